The van der Waals surface area contributed by atoms with E-state index in [0.717, 1.165) is 0 Å². The number of urea groups is 1. The fraction of sp³-hybridized carbons (Fsp3) is 0.294. The van der Waals surface area contributed by atoms with Crippen LogP contribution >= 0.6 is 0 Å². The van der Waals surface area contributed by atoms with Crippen LogP contribution in [0.1, 0.15) is 27.6 Å². The topological polar surface area (TPSA) is 105 Å². The smallest absolute Gasteiger partial charge is 0.432 e. The third-order valence-electron chi connectivity index (χ3n) is 4.18. The number of nitrogens with one attached hydrogen (secondary N) is 2. The second-order valence-electron chi connectivity index (χ2n) is 5.92. The number of amides is 4. The van der Waals surface area contributed by atoms with Gasteiger partial charge in [-0.05, 0) is 19.1 Å². The summed E-state index contributed by atoms with van der Waals surface area (Å²) in [5.74, 6) is -2.78. The van der Waals surface area contributed by atoms with Crippen LogP contribution in [0, 0.1) is 0 Å². The lowest BCUT2D eigenvalue weighted by molar-refractivity contribution is -0.140. The van der Waals surface area contributed by atoms with Crippen LogP contribution in [0.25, 0.3) is 0 Å². The molecule has 0 fully saturated rings. The molecule has 1 unspecified atom stereocenters. The molecule has 148 valence electrons. The quantitative estimate of drug-likeness (QED) is 0.590. The molecule has 0 spiro atoms. The molecule has 2 aliphatic heterocycles. The SMILES string of the molecule is CCOC(=O)C1=C(C(F)(F)F)NC(=O)NC1CN1C(=O)c2ccccc2C1=O. The van der Waals surface area contributed by atoms with Crippen LogP contribution in [0.4, 0.5) is 18.0 Å². The molecule has 3 rings (SSSR count). The molecule has 1 aromatic carbocycles. The number of imide groups is 1. The van der Waals surface area contributed by atoms with E-state index >= 15 is 0 Å². The summed E-state index contributed by atoms with van der Waals surface area (Å²) in [5, 5.41) is 3.70. The summed E-state index contributed by atoms with van der Waals surface area (Å²) in [4.78, 5) is 49.5. The first kappa shape index (κ1) is 19.4. The van der Waals surface area contributed by atoms with Crippen molar-refractivity contribution in [3.8, 4) is 0 Å². The fourth-order valence-corrected chi connectivity index (χ4v) is 3.02. The highest BCUT2D eigenvalue weighted by Gasteiger charge is 2.47. The molecule has 0 saturated heterocycles. The van der Waals surface area contributed by atoms with Crippen LogP contribution in [-0.2, 0) is 9.53 Å². The maximum atomic E-state index is 13.4. The van der Waals surface area contributed by atoms with E-state index in [4.69, 9.17) is 0 Å². The lowest BCUT2D eigenvalue weighted by Gasteiger charge is -2.31. The minimum absolute atomic E-state index is 0.0884. The Balaban J connectivity index is 2.00. The van der Waals surface area contributed by atoms with Gasteiger partial charge in [-0.2, -0.15) is 13.2 Å². The average molecular weight is 397 g/mol. The first-order valence-corrected chi connectivity index (χ1v) is 8.16. The van der Waals surface area contributed by atoms with Gasteiger partial charge in [0.1, 0.15) is 5.70 Å². The highest BCUT2D eigenvalue weighted by Crippen LogP contribution is 2.31. The Kier molecular flexibility index (Phi) is 4.84. The molecule has 4 amide bonds. The molecule has 1 atom stereocenters. The van der Waals surface area contributed by atoms with Gasteiger partial charge in [0, 0.05) is 0 Å². The number of nitrogens with zero attached hydrogens (tertiary/aromatic N) is 1. The molecular formula is C17H14F3N3O5. The molecule has 28 heavy (non-hydrogen) atoms. The number of fused-ring (bicyclic) bond motifs is 1. The zero-order chi connectivity index (χ0) is 20.6. The highest BCUT2D eigenvalue weighted by atomic mass is 19.4. The van der Waals surface area contributed by atoms with Gasteiger partial charge < -0.3 is 15.4 Å². The van der Waals surface area contributed by atoms with Crippen LogP contribution in [0.2, 0.25) is 0 Å². The molecule has 2 N–H and O–H groups in total. The summed E-state index contributed by atoms with van der Waals surface area (Å²) in [6.07, 6.45) is -5.06. The molecule has 2 aliphatic rings. The van der Waals surface area contributed by atoms with Gasteiger partial charge in [0.15, 0.2) is 0 Å². The van der Waals surface area contributed by atoms with Crippen LogP contribution < -0.4 is 10.6 Å². The number of hydrogen-bond donors (Lipinski definition) is 2. The molecule has 2 heterocycles. The molecule has 1 aromatic rings. The summed E-state index contributed by atoms with van der Waals surface area (Å²) in [5.41, 5.74) is -2.32. The molecule has 0 aromatic heterocycles. The lowest BCUT2D eigenvalue weighted by atomic mass is 10.0. The van der Waals surface area contributed by atoms with E-state index in [0.29, 0.717) is 4.90 Å². The highest BCUT2D eigenvalue weighted by molar-refractivity contribution is 6.21. The van der Waals surface area contributed by atoms with E-state index in [-0.39, 0.29) is 17.7 Å². The van der Waals surface area contributed by atoms with E-state index in [1.165, 1.54) is 31.2 Å². The van der Waals surface area contributed by atoms with Gasteiger partial charge in [0.05, 0.1) is 35.9 Å². The van der Waals surface area contributed by atoms with Crippen molar-refractivity contribution in [3.63, 3.8) is 0 Å². The van der Waals surface area contributed by atoms with Crippen LogP contribution in [-0.4, -0.2) is 54.1 Å². The predicted octanol–water partition coefficient (Wildman–Crippen LogP) is 1.34. The maximum Gasteiger partial charge on any atom is 0.432 e. The number of carbonyl (C=O) groups excluding carboxylic acids is 4. The minimum Gasteiger partial charge on any atom is -0.463 e. The molecule has 0 radical (unpaired) electrons. The van der Waals surface area contributed by atoms with Gasteiger partial charge >= 0.3 is 18.2 Å². The van der Waals surface area contributed by atoms with Crippen molar-refractivity contribution in [2.45, 2.75) is 19.1 Å². The largest absolute Gasteiger partial charge is 0.463 e. The number of benzene rings is 1. The summed E-state index contributed by atoms with van der Waals surface area (Å²) in [7, 11) is 0. The van der Waals surface area contributed by atoms with E-state index in [2.05, 4.69) is 10.1 Å². The number of rotatable bonds is 4. The zero-order valence-electron chi connectivity index (χ0n) is 14.4. The third kappa shape index (κ3) is 3.30. The van der Waals surface area contributed by atoms with Gasteiger partial charge in [0.25, 0.3) is 11.8 Å². The van der Waals surface area contributed by atoms with Crippen molar-refractivity contribution in [3.05, 3.63) is 46.7 Å². The number of halogens is 3. The van der Waals surface area contributed by atoms with Crippen molar-refractivity contribution in [1.29, 1.82) is 0 Å². The predicted molar refractivity (Wildman–Crippen MR) is 87.0 cm³/mol. The van der Waals surface area contributed by atoms with E-state index in [1.807, 2.05) is 0 Å². The Morgan fingerprint density at radius 2 is 1.71 bits per heavy atom. The van der Waals surface area contributed by atoms with Crippen molar-refractivity contribution in [2.75, 3.05) is 13.2 Å². The number of hydrogen-bond acceptors (Lipinski definition) is 5. The van der Waals surface area contributed by atoms with Gasteiger partial charge in [-0.25, -0.2) is 9.59 Å². The molecule has 11 heteroatoms. The monoisotopic (exact) mass is 397 g/mol. The molecule has 0 aliphatic carbocycles. The van der Waals surface area contributed by atoms with Gasteiger partial charge in [0.2, 0.25) is 0 Å². The Bertz CT molecular complexity index is 875. The molecule has 8 nitrogen and oxygen atoms in total. The number of allylic oxidation sites excluding steroid dienone is 1. The number of alkyl halides is 3. The second kappa shape index (κ2) is 6.98. The zero-order valence-corrected chi connectivity index (χ0v) is 14.4. The first-order chi connectivity index (χ1) is 13.1. The van der Waals surface area contributed by atoms with E-state index in [9.17, 15) is 32.3 Å². The Hall–Kier alpha value is -3.37. The standard InChI is InChI=1S/C17H14F3N3O5/c1-2-28-15(26)11-10(21-16(27)22-12(11)17(18,19)20)7-23-13(24)8-5-3-4-6-9(8)14(23)25/h3-6,10H,2,7H2,1H3,(H2,21,22,27). The van der Waals surface area contributed by atoms with Crippen LogP contribution in [0.5, 0.6) is 0 Å². The second-order valence-corrected chi connectivity index (χ2v) is 5.92. The number of carbonyl (C=O) groups is 4. The molecule has 0 bridgehead atoms. The van der Waals surface area contributed by atoms with Gasteiger partial charge in [-0.15, -0.1) is 0 Å². The van der Waals surface area contributed by atoms with Crippen molar-refractivity contribution in [1.82, 2.24) is 15.5 Å². The maximum absolute atomic E-state index is 13.4. The summed E-state index contributed by atoms with van der Waals surface area (Å²) in [6, 6.07) is 3.06. The van der Waals surface area contributed by atoms with Crippen molar-refractivity contribution < 1.29 is 37.1 Å². The average Bonchev–Trinajstić information content (AvgIpc) is 2.86. The fourth-order valence-electron chi connectivity index (χ4n) is 3.02. The number of esters is 1. The number of ether oxygens (including phenoxy) is 1. The lowest BCUT2D eigenvalue weighted by Crippen LogP contribution is -2.57. The normalized spacial score (nSPS) is 19.4. The van der Waals surface area contributed by atoms with Crippen LogP contribution in [0.15, 0.2) is 35.5 Å². The van der Waals surface area contributed by atoms with Crippen LogP contribution in [0.3, 0.4) is 0 Å². The van der Waals surface area contributed by atoms with Crippen molar-refractivity contribution in [2.24, 2.45) is 0 Å². The Morgan fingerprint density at radius 3 is 2.21 bits per heavy atom. The van der Waals surface area contributed by atoms with E-state index < -0.39 is 53.8 Å². The first-order valence-electron chi connectivity index (χ1n) is 8.16. The molecule has 0 saturated carbocycles. The summed E-state index contributed by atoms with van der Waals surface area (Å²) in [6.45, 7) is 0.536. The Labute approximate surface area is 156 Å². The third-order valence-corrected chi connectivity index (χ3v) is 4.18. The Morgan fingerprint density at radius 1 is 1.14 bits per heavy atom. The summed E-state index contributed by atoms with van der Waals surface area (Å²) < 4.78 is 44.8. The molecular weight excluding hydrogens is 383 g/mol. The van der Waals surface area contributed by atoms with Crippen molar-refractivity contribution >= 4 is 23.8 Å². The van der Waals surface area contributed by atoms with Gasteiger partial charge in [-0.1, -0.05) is 12.1 Å². The minimum atomic E-state index is -5.06. The summed E-state index contributed by atoms with van der Waals surface area (Å²) >= 11 is 0. The van der Waals surface area contributed by atoms with E-state index in [1.54, 1.807) is 5.32 Å². The van der Waals surface area contributed by atoms with Gasteiger partial charge in [-0.3, -0.25) is 14.5 Å².